The Balaban J connectivity index is 1.64. The van der Waals surface area contributed by atoms with Crippen LogP contribution in [0.1, 0.15) is 34.1 Å². The largest absolute Gasteiger partial charge is 0.493 e. The Hall–Kier alpha value is -2.17. The fraction of sp³-hybridized carbons (Fsp3) is 0.500. The van der Waals surface area contributed by atoms with Crippen molar-refractivity contribution in [2.24, 2.45) is 5.41 Å². The van der Waals surface area contributed by atoms with Gasteiger partial charge in [0.15, 0.2) is 5.01 Å². The minimum atomic E-state index is 0.243. The summed E-state index contributed by atoms with van der Waals surface area (Å²) in [5, 5.41) is 18.4. The average molecular weight is 448 g/mol. The number of aromatic nitrogens is 5. The summed E-state index contributed by atoms with van der Waals surface area (Å²) in [6, 6.07) is 8.31. The van der Waals surface area contributed by atoms with Crippen molar-refractivity contribution in [2.45, 2.75) is 45.3 Å². The maximum absolute atomic E-state index is 6.06. The van der Waals surface area contributed by atoms with Crippen molar-refractivity contribution in [2.75, 3.05) is 25.1 Å². The average Bonchev–Trinajstić information content (AvgIpc) is 3.33. The molecule has 162 valence electrons. The van der Waals surface area contributed by atoms with E-state index in [2.05, 4.69) is 53.3 Å². The number of ether oxygens (including phenoxy) is 1. The molecule has 0 saturated carbocycles. The highest BCUT2D eigenvalue weighted by atomic mass is 32.2. The second kappa shape index (κ2) is 9.76. The van der Waals surface area contributed by atoms with E-state index < -0.39 is 0 Å². The molecular weight excluding hydrogens is 418 g/mol. The van der Waals surface area contributed by atoms with E-state index in [1.54, 1.807) is 0 Å². The van der Waals surface area contributed by atoms with Gasteiger partial charge >= 0.3 is 0 Å². The van der Waals surface area contributed by atoms with E-state index >= 15 is 0 Å². The molecule has 1 atom stereocenters. The Morgan fingerprint density at radius 1 is 1.27 bits per heavy atom. The summed E-state index contributed by atoms with van der Waals surface area (Å²) in [4.78, 5) is 4.19. The van der Waals surface area contributed by atoms with Gasteiger partial charge in [-0.25, -0.2) is 0 Å². The summed E-state index contributed by atoms with van der Waals surface area (Å²) in [5.41, 5.74) is 7.10. The smallest absolute Gasteiger partial charge is 0.236 e. The van der Waals surface area contributed by atoms with Crippen molar-refractivity contribution >= 4 is 29.0 Å². The van der Waals surface area contributed by atoms with Crippen LogP contribution < -0.4 is 15.8 Å². The molecule has 2 aromatic heterocycles. The van der Waals surface area contributed by atoms with Gasteiger partial charge in [0.1, 0.15) is 5.75 Å². The molecule has 10 heteroatoms. The molecular formula is C20H29N7OS2. The fourth-order valence-electron chi connectivity index (χ4n) is 2.59. The third kappa shape index (κ3) is 5.50. The number of nitrogens with one attached hydrogen (secondary N) is 1. The monoisotopic (exact) mass is 447 g/mol. The van der Waals surface area contributed by atoms with E-state index in [0.29, 0.717) is 28.9 Å². The Bertz CT molecular complexity index is 964. The number of hydrogen-bond acceptors (Lipinski definition) is 9. The van der Waals surface area contributed by atoms with Gasteiger partial charge in [-0.3, -0.25) is 0 Å². The normalized spacial score (nSPS) is 12.8. The maximum Gasteiger partial charge on any atom is 0.236 e. The van der Waals surface area contributed by atoms with Crippen molar-refractivity contribution in [1.82, 2.24) is 30.3 Å². The van der Waals surface area contributed by atoms with Gasteiger partial charge in [-0.2, -0.15) is 9.67 Å². The molecule has 1 unspecified atom stereocenters. The van der Waals surface area contributed by atoms with Crippen LogP contribution in [0.25, 0.3) is 15.7 Å². The molecule has 30 heavy (non-hydrogen) atoms. The van der Waals surface area contributed by atoms with Crippen LogP contribution in [0, 0.1) is 5.41 Å². The molecule has 3 aromatic rings. The van der Waals surface area contributed by atoms with Gasteiger partial charge in [0.2, 0.25) is 16.2 Å². The van der Waals surface area contributed by atoms with Crippen LogP contribution in [0.4, 0.5) is 5.95 Å². The molecule has 0 aliphatic rings. The predicted molar refractivity (Wildman–Crippen MR) is 123 cm³/mol. The van der Waals surface area contributed by atoms with Gasteiger partial charge in [-0.15, -0.1) is 15.3 Å². The summed E-state index contributed by atoms with van der Waals surface area (Å²) in [5.74, 6) is 1.09. The predicted octanol–water partition coefficient (Wildman–Crippen LogP) is 3.88. The van der Waals surface area contributed by atoms with Gasteiger partial charge in [0.25, 0.3) is 0 Å². The molecule has 1 aromatic carbocycles. The molecule has 0 spiro atoms. The molecule has 8 nitrogen and oxygen atoms in total. The first-order valence-electron chi connectivity index (χ1n) is 9.85. The molecule has 0 radical (unpaired) electrons. The Morgan fingerprint density at radius 2 is 2.03 bits per heavy atom. The summed E-state index contributed by atoms with van der Waals surface area (Å²) < 4.78 is 7.57. The first-order chi connectivity index (χ1) is 14.3. The number of nitrogen functional groups attached to an aromatic ring is 1. The number of benzene rings is 1. The molecule has 0 fully saturated rings. The summed E-state index contributed by atoms with van der Waals surface area (Å²) in [6.45, 7) is 10.5. The molecule has 0 bridgehead atoms. The first kappa shape index (κ1) is 22.5. The summed E-state index contributed by atoms with van der Waals surface area (Å²) in [7, 11) is 0. The highest BCUT2D eigenvalue weighted by Gasteiger charge is 2.19. The summed E-state index contributed by atoms with van der Waals surface area (Å²) in [6.07, 6.45) is 2.82. The van der Waals surface area contributed by atoms with Gasteiger partial charge in [0.05, 0.1) is 12.2 Å². The third-order valence-electron chi connectivity index (χ3n) is 4.84. The Kier molecular flexibility index (Phi) is 7.32. The standard InChI is InChI=1S/C20H29N7OS2/c1-13(20(2,3)4)22-11-8-12-28-15-10-7-6-9-14(15)16-24-25-19(30-16)27-17(21)23-18(26-27)29-5/h6-7,9-10,13,22H,8,11-12H2,1-5H3,(H2,21,23,26). The topological polar surface area (TPSA) is 104 Å². The van der Waals surface area contributed by atoms with Crippen LogP contribution in [0.3, 0.4) is 0 Å². The molecule has 0 aliphatic heterocycles. The van der Waals surface area contributed by atoms with Crippen LogP contribution >= 0.6 is 23.1 Å². The highest BCUT2D eigenvalue weighted by molar-refractivity contribution is 7.98. The van der Waals surface area contributed by atoms with Crippen molar-refractivity contribution in [3.05, 3.63) is 24.3 Å². The zero-order chi connectivity index (χ0) is 21.7. The van der Waals surface area contributed by atoms with Crippen molar-refractivity contribution in [3.8, 4) is 21.5 Å². The van der Waals surface area contributed by atoms with Crippen LogP contribution in [-0.2, 0) is 0 Å². The summed E-state index contributed by atoms with van der Waals surface area (Å²) >= 11 is 2.83. The van der Waals surface area contributed by atoms with Crippen molar-refractivity contribution in [3.63, 3.8) is 0 Å². The highest BCUT2D eigenvalue weighted by Crippen LogP contribution is 2.33. The van der Waals surface area contributed by atoms with Gasteiger partial charge in [0, 0.05) is 6.04 Å². The van der Waals surface area contributed by atoms with E-state index in [1.807, 2.05) is 30.5 Å². The van der Waals surface area contributed by atoms with Crippen LogP contribution in [-0.4, -0.2) is 50.4 Å². The quantitative estimate of drug-likeness (QED) is 0.376. The number of hydrogen-bond donors (Lipinski definition) is 2. The van der Waals surface area contributed by atoms with Gasteiger partial charge < -0.3 is 15.8 Å². The number of nitrogens with two attached hydrogens (primary N) is 1. The first-order valence-corrected chi connectivity index (χ1v) is 11.9. The fourth-order valence-corrected chi connectivity index (χ4v) is 3.77. The lowest BCUT2D eigenvalue weighted by Crippen LogP contribution is -2.38. The lowest BCUT2D eigenvalue weighted by atomic mass is 9.88. The second-order valence-corrected chi connectivity index (χ2v) is 9.73. The van der Waals surface area contributed by atoms with E-state index in [0.717, 1.165) is 29.3 Å². The maximum atomic E-state index is 6.06. The minimum Gasteiger partial charge on any atom is -0.493 e. The number of thioether (sulfide) groups is 1. The zero-order valence-electron chi connectivity index (χ0n) is 18.0. The third-order valence-corrected chi connectivity index (χ3v) is 6.31. The van der Waals surface area contributed by atoms with E-state index in [4.69, 9.17) is 10.5 Å². The van der Waals surface area contributed by atoms with E-state index in [9.17, 15) is 0 Å². The van der Waals surface area contributed by atoms with Crippen LogP contribution in [0.2, 0.25) is 0 Å². The second-order valence-electron chi connectivity index (χ2n) is 8.00. The zero-order valence-corrected chi connectivity index (χ0v) is 19.7. The van der Waals surface area contributed by atoms with Gasteiger partial charge in [-0.05, 0) is 43.7 Å². The van der Waals surface area contributed by atoms with Crippen molar-refractivity contribution in [1.29, 1.82) is 0 Å². The molecule has 2 heterocycles. The number of anilines is 1. The lowest BCUT2D eigenvalue weighted by molar-refractivity contribution is 0.267. The molecule has 0 amide bonds. The SMILES string of the molecule is CSc1nc(N)n(-c2nnc(-c3ccccc3OCCCNC(C)C(C)(C)C)s2)n1. The van der Waals surface area contributed by atoms with Crippen LogP contribution in [0.15, 0.2) is 29.4 Å². The van der Waals surface area contributed by atoms with E-state index in [-0.39, 0.29) is 5.41 Å². The van der Waals surface area contributed by atoms with E-state index in [1.165, 1.54) is 27.8 Å². The molecule has 3 N–H and O–H groups in total. The Labute approximate surface area is 185 Å². The molecule has 3 rings (SSSR count). The number of para-hydroxylation sites is 1. The minimum absolute atomic E-state index is 0.243. The Morgan fingerprint density at radius 3 is 2.73 bits per heavy atom. The molecule has 0 saturated heterocycles. The molecule has 0 aliphatic carbocycles. The van der Waals surface area contributed by atoms with Gasteiger partial charge in [-0.1, -0.05) is 56.0 Å². The lowest BCUT2D eigenvalue weighted by Gasteiger charge is -2.28. The number of nitrogens with zero attached hydrogens (tertiary/aromatic N) is 5. The van der Waals surface area contributed by atoms with Crippen molar-refractivity contribution < 1.29 is 4.74 Å². The number of rotatable bonds is 9. The van der Waals surface area contributed by atoms with Crippen LogP contribution in [0.5, 0.6) is 5.75 Å².